The Morgan fingerprint density at radius 3 is 1.57 bits per heavy atom. The molecule has 2 aromatic rings. The van der Waals surface area contributed by atoms with Gasteiger partial charge in [0, 0.05) is 20.1 Å². The lowest BCUT2D eigenvalue weighted by Gasteiger charge is -2.33. The first kappa shape index (κ1) is 20.8. The van der Waals surface area contributed by atoms with Crippen LogP contribution in [0.4, 0.5) is 21.0 Å². The van der Waals surface area contributed by atoms with Crippen molar-refractivity contribution in [3.63, 3.8) is 0 Å². The van der Waals surface area contributed by atoms with Crippen LogP contribution < -0.4 is 19.3 Å². The normalized spacial score (nSPS) is 14.8. The fourth-order valence-corrected chi connectivity index (χ4v) is 4.62. The highest BCUT2D eigenvalue weighted by Crippen LogP contribution is 2.53. The summed E-state index contributed by atoms with van der Waals surface area (Å²) in [5.41, 5.74) is 2.60. The van der Waals surface area contributed by atoms with Gasteiger partial charge in [-0.15, -0.1) is 0 Å². The van der Waals surface area contributed by atoms with Gasteiger partial charge >= 0.3 is 12.2 Å². The summed E-state index contributed by atoms with van der Waals surface area (Å²) in [4.78, 5) is 27.6. The molecule has 2 aliphatic rings. The highest BCUT2D eigenvalue weighted by atomic mass is 79.9. The Labute approximate surface area is 189 Å². The number of anilines is 2. The average molecular weight is 542 g/mol. The number of hydrogen-bond donors (Lipinski definition) is 0. The van der Waals surface area contributed by atoms with Gasteiger partial charge in [-0.05, 0) is 24.3 Å². The Morgan fingerprint density at radius 1 is 0.800 bits per heavy atom. The maximum absolute atomic E-state index is 12.3. The molecule has 0 fully saturated rings. The molecule has 0 spiro atoms. The second-order valence-electron chi connectivity index (χ2n) is 6.48. The number of benzene rings is 2. The smallest absolute Gasteiger partial charge is 0.414 e. The first-order valence-electron chi connectivity index (χ1n) is 9.09. The number of ether oxygens (including phenoxy) is 4. The van der Waals surface area contributed by atoms with Crippen LogP contribution in [0, 0.1) is 0 Å². The van der Waals surface area contributed by atoms with E-state index in [1.54, 1.807) is 12.1 Å². The van der Waals surface area contributed by atoms with E-state index in [-0.39, 0.29) is 0 Å². The number of methoxy groups -OCH3 is 2. The maximum Gasteiger partial charge on any atom is 0.414 e. The Kier molecular flexibility index (Phi) is 5.79. The molecule has 158 valence electrons. The lowest BCUT2D eigenvalue weighted by molar-refractivity contribution is 0.173. The molecule has 2 aliphatic heterocycles. The van der Waals surface area contributed by atoms with Crippen LogP contribution in [0.1, 0.15) is 0 Å². The quantitative estimate of drug-likeness (QED) is 0.515. The number of carbonyl (C=O) groups is 2. The van der Waals surface area contributed by atoms with Gasteiger partial charge in [-0.1, -0.05) is 31.9 Å². The third-order valence-electron chi connectivity index (χ3n) is 4.92. The Bertz CT molecular complexity index is 947. The van der Waals surface area contributed by atoms with E-state index in [0.717, 1.165) is 8.95 Å². The summed E-state index contributed by atoms with van der Waals surface area (Å²) >= 11 is 7.22. The summed E-state index contributed by atoms with van der Waals surface area (Å²) in [6.45, 7) is 1.38. The Hall–Kier alpha value is -2.46. The van der Waals surface area contributed by atoms with Crippen molar-refractivity contribution < 1.29 is 28.5 Å². The fourth-order valence-electron chi connectivity index (χ4n) is 3.60. The summed E-state index contributed by atoms with van der Waals surface area (Å²) in [6.07, 6.45) is -0.926. The minimum absolute atomic E-state index is 0.313. The second-order valence-corrected chi connectivity index (χ2v) is 8.19. The lowest BCUT2D eigenvalue weighted by atomic mass is 9.99. The molecule has 10 heteroatoms. The summed E-state index contributed by atoms with van der Waals surface area (Å²) in [7, 11) is 2.69. The number of halogens is 2. The van der Waals surface area contributed by atoms with Gasteiger partial charge < -0.3 is 18.9 Å². The lowest BCUT2D eigenvalue weighted by Crippen LogP contribution is -2.38. The van der Waals surface area contributed by atoms with Crippen LogP contribution in [0.25, 0.3) is 11.1 Å². The summed E-state index contributed by atoms with van der Waals surface area (Å²) in [5, 5.41) is 0. The molecule has 4 rings (SSSR count). The van der Waals surface area contributed by atoms with Gasteiger partial charge in [0.25, 0.3) is 0 Å². The van der Waals surface area contributed by atoms with Gasteiger partial charge in [-0.2, -0.15) is 0 Å². The number of carbonyl (C=O) groups excluding carboxylic acids is 2. The van der Waals surface area contributed by atoms with Crippen LogP contribution in [0.5, 0.6) is 11.5 Å². The highest BCUT2D eigenvalue weighted by Gasteiger charge is 2.33. The standard InChI is InChI=1S/C20H18Br2N2O6/c1-27-19(25)23-7-9-29-17-13(23)5-3-11(21)15(17)16-12(22)4-6-14-18(16)30-10-8-24(14)20(26)28-2/h3-6H,7-10H2,1-2H3. The van der Waals surface area contributed by atoms with Crippen LogP contribution in [0.15, 0.2) is 33.2 Å². The SMILES string of the molecule is COC(=O)N1CCOc2c1ccc(Br)c2-c1c(Br)ccc2c1OCCN2C(=O)OC. The predicted octanol–water partition coefficient (Wildman–Crippen LogP) is 4.81. The van der Waals surface area contributed by atoms with Gasteiger partial charge in [-0.25, -0.2) is 9.59 Å². The fraction of sp³-hybridized carbons (Fsp3) is 0.300. The molecule has 0 saturated heterocycles. The minimum atomic E-state index is -0.463. The zero-order chi connectivity index (χ0) is 21.4. The van der Waals surface area contributed by atoms with Crippen LogP contribution in [-0.4, -0.2) is 52.7 Å². The molecule has 0 aromatic heterocycles. The zero-order valence-corrected chi connectivity index (χ0v) is 19.4. The van der Waals surface area contributed by atoms with Gasteiger partial charge in [-0.3, -0.25) is 9.80 Å². The summed E-state index contributed by atoms with van der Waals surface area (Å²) in [6, 6.07) is 7.27. The van der Waals surface area contributed by atoms with Crippen molar-refractivity contribution in [3.05, 3.63) is 33.2 Å². The molecule has 30 heavy (non-hydrogen) atoms. The zero-order valence-electron chi connectivity index (χ0n) is 16.2. The van der Waals surface area contributed by atoms with E-state index in [2.05, 4.69) is 31.9 Å². The van der Waals surface area contributed by atoms with Crippen molar-refractivity contribution in [1.82, 2.24) is 0 Å². The predicted molar refractivity (Wildman–Crippen MR) is 118 cm³/mol. The number of fused-ring (bicyclic) bond motifs is 2. The molecule has 0 unspecified atom stereocenters. The van der Waals surface area contributed by atoms with Crippen molar-refractivity contribution in [3.8, 4) is 22.6 Å². The molecule has 8 nitrogen and oxygen atoms in total. The molecule has 2 aromatic carbocycles. The first-order valence-corrected chi connectivity index (χ1v) is 10.7. The Balaban J connectivity index is 1.94. The van der Waals surface area contributed by atoms with E-state index < -0.39 is 12.2 Å². The Morgan fingerprint density at radius 2 is 1.20 bits per heavy atom. The van der Waals surface area contributed by atoms with E-state index in [4.69, 9.17) is 18.9 Å². The van der Waals surface area contributed by atoms with Gasteiger partial charge in [0.1, 0.15) is 13.2 Å². The molecule has 0 radical (unpaired) electrons. The minimum Gasteiger partial charge on any atom is -0.489 e. The number of nitrogens with zero attached hydrogens (tertiary/aromatic N) is 2. The van der Waals surface area contributed by atoms with Gasteiger partial charge in [0.2, 0.25) is 0 Å². The van der Waals surface area contributed by atoms with E-state index in [1.165, 1.54) is 24.0 Å². The number of rotatable bonds is 1. The second kappa shape index (κ2) is 8.35. The van der Waals surface area contributed by atoms with Gasteiger partial charge in [0.15, 0.2) is 11.5 Å². The number of amides is 2. The highest BCUT2D eigenvalue weighted by molar-refractivity contribution is 9.11. The number of hydrogen-bond acceptors (Lipinski definition) is 6. The molecular formula is C20H18Br2N2O6. The summed E-state index contributed by atoms with van der Waals surface area (Å²) < 4.78 is 23.3. The van der Waals surface area contributed by atoms with Crippen molar-refractivity contribution in [1.29, 1.82) is 0 Å². The average Bonchev–Trinajstić information content (AvgIpc) is 2.77. The van der Waals surface area contributed by atoms with Crippen molar-refractivity contribution in [2.75, 3.05) is 50.3 Å². The molecule has 2 amide bonds. The monoisotopic (exact) mass is 540 g/mol. The van der Waals surface area contributed by atoms with Crippen LogP contribution >= 0.6 is 31.9 Å². The third kappa shape index (κ3) is 3.37. The van der Waals surface area contributed by atoms with E-state index >= 15 is 0 Å². The maximum atomic E-state index is 12.3. The van der Waals surface area contributed by atoms with Crippen LogP contribution in [0.3, 0.4) is 0 Å². The molecule has 0 saturated carbocycles. The van der Waals surface area contributed by atoms with Crippen LogP contribution in [0.2, 0.25) is 0 Å². The largest absolute Gasteiger partial charge is 0.489 e. The molecule has 0 bridgehead atoms. The topological polar surface area (TPSA) is 77.5 Å². The van der Waals surface area contributed by atoms with E-state index in [9.17, 15) is 9.59 Å². The first-order chi connectivity index (χ1) is 14.5. The molecular weight excluding hydrogens is 524 g/mol. The summed E-state index contributed by atoms with van der Waals surface area (Å²) in [5.74, 6) is 1.04. The van der Waals surface area contributed by atoms with E-state index in [1.807, 2.05) is 12.1 Å². The molecule has 0 aliphatic carbocycles. The molecule has 0 atom stereocenters. The molecule has 0 N–H and O–H groups in total. The third-order valence-corrected chi connectivity index (χ3v) is 6.24. The van der Waals surface area contributed by atoms with Crippen LogP contribution in [-0.2, 0) is 9.47 Å². The molecule has 2 heterocycles. The van der Waals surface area contributed by atoms with E-state index in [0.29, 0.717) is 60.3 Å². The van der Waals surface area contributed by atoms with Crippen molar-refractivity contribution >= 4 is 55.4 Å². The van der Waals surface area contributed by atoms with Gasteiger partial charge in [0.05, 0.1) is 38.7 Å². The van der Waals surface area contributed by atoms with Crippen molar-refractivity contribution in [2.24, 2.45) is 0 Å². The van der Waals surface area contributed by atoms with Crippen molar-refractivity contribution in [2.45, 2.75) is 0 Å².